The highest BCUT2D eigenvalue weighted by atomic mass is 16.7. The Morgan fingerprint density at radius 2 is 0.731 bits per heavy atom. The van der Waals surface area contributed by atoms with Crippen molar-refractivity contribution < 1.29 is 39.8 Å². The Hall–Kier alpha value is -1.59. The molecule has 7 atom stereocenters. The predicted molar refractivity (Wildman–Crippen MR) is 332 cm³/mol. The predicted octanol–water partition coefficient (Wildman–Crippen LogP) is 18.3. The maximum Gasteiger partial charge on any atom is 0.220 e. The van der Waals surface area contributed by atoms with E-state index in [-0.39, 0.29) is 12.5 Å². The van der Waals surface area contributed by atoms with E-state index in [1.54, 1.807) is 6.08 Å². The number of nitrogens with one attached hydrogen (secondary N) is 1. The van der Waals surface area contributed by atoms with Crippen LogP contribution in [0.1, 0.15) is 341 Å². The van der Waals surface area contributed by atoms with Gasteiger partial charge in [-0.05, 0) is 44.9 Å². The van der Waals surface area contributed by atoms with Crippen LogP contribution < -0.4 is 5.32 Å². The topological polar surface area (TPSA) is 149 Å². The van der Waals surface area contributed by atoms with Crippen LogP contribution in [0, 0.1) is 0 Å². The first-order valence-corrected chi connectivity index (χ1v) is 34.2. The van der Waals surface area contributed by atoms with E-state index < -0.39 is 49.5 Å². The molecule has 78 heavy (non-hydrogen) atoms. The quantitative estimate of drug-likeness (QED) is 0.0261. The van der Waals surface area contributed by atoms with Crippen molar-refractivity contribution in [2.45, 2.75) is 384 Å². The van der Waals surface area contributed by atoms with Gasteiger partial charge in [-0.2, -0.15) is 0 Å². The summed E-state index contributed by atoms with van der Waals surface area (Å²) in [4.78, 5) is 13.1. The van der Waals surface area contributed by atoms with Gasteiger partial charge >= 0.3 is 0 Å². The van der Waals surface area contributed by atoms with Crippen molar-refractivity contribution in [3.05, 3.63) is 36.5 Å². The zero-order chi connectivity index (χ0) is 56.5. The lowest BCUT2D eigenvalue weighted by Gasteiger charge is -2.40. The van der Waals surface area contributed by atoms with Crippen LogP contribution in [0.4, 0.5) is 0 Å². The maximum atomic E-state index is 13.1. The van der Waals surface area contributed by atoms with Gasteiger partial charge < -0.3 is 40.3 Å². The molecular weight excluding hydrogens is 971 g/mol. The van der Waals surface area contributed by atoms with Gasteiger partial charge in [0.15, 0.2) is 6.29 Å². The molecule has 0 spiro atoms. The summed E-state index contributed by atoms with van der Waals surface area (Å²) >= 11 is 0. The van der Waals surface area contributed by atoms with Crippen molar-refractivity contribution in [2.24, 2.45) is 0 Å². The normalized spacial score (nSPS) is 18.8. The number of aliphatic hydroxyl groups is 5. The van der Waals surface area contributed by atoms with Gasteiger partial charge in [-0.1, -0.05) is 326 Å². The summed E-state index contributed by atoms with van der Waals surface area (Å²) in [6, 6.07) is -0.827. The summed E-state index contributed by atoms with van der Waals surface area (Å²) in [7, 11) is 0. The van der Waals surface area contributed by atoms with Crippen LogP contribution in [0.5, 0.6) is 0 Å². The molecule has 1 saturated heterocycles. The second-order valence-electron chi connectivity index (χ2n) is 24.0. The molecule has 0 aromatic rings. The Morgan fingerprint density at radius 3 is 1.08 bits per heavy atom. The second-order valence-corrected chi connectivity index (χ2v) is 24.0. The summed E-state index contributed by atoms with van der Waals surface area (Å²) in [6.45, 7) is 3.81. The summed E-state index contributed by atoms with van der Waals surface area (Å²) in [5.74, 6) is -0.184. The van der Waals surface area contributed by atoms with Crippen LogP contribution in [0.3, 0.4) is 0 Å². The van der Waals surface area contributed by atoms with Gasteiger partial charge in [0.25, 0.3) is 0 Å². The Bertz CT molecular complexity index is 1320. The number of allylic oxidation sites excluding steroid dienone is 5. The molecule has 0 aromatic carbocycles. The van der Waals surface area contributed by atoms with Gasteiger partial charge in [-0.25, -0.2) is 0 Å². The highest BCUT2D eigenvalue weighted by Crippen LogP contribution is 2.23. The van der Waals surface area contributed by atoms with Gasteiger partial charge in [-0.3, -0.25) is 4.79 Å². The number of carbonyl (C=O) groups excluding carboxylic acids is 1. The summed E-state index contributed by atoms with van der Waals surface area (Å²) in [6.07, 6.45) is 71.1. The van der Waals surface area contributed by atoms with Crippen LogP contribution in [-0.4, -0.2) is 87.5 Å². The molecule has 1 fully saturated rings. The van der Waals surface area contributed by atoms with Gasteiger partial charge in [0, 0.05) is 6.42 Å². The van der Waals surface area contributed by atoms with Crippen molar-refractivity contribution in [1.82, 2.24) is 5.32 Å². The van der Waals surface area contributed by atoms with Crippen molar-refractivity contribution >= 4 is 5.91 Å². The Balaban J connectivity index is 2.16. The van der Waals surface area contributed by atoms with Crippen molar-refractivity contribution in [2.75, 3.05) is 13.2 Å². The molecule has 1 amide bonds. The van der Waals surface area contributed by atoms with E-state index >= 15 is 0 Å². The third kappa shape index (κ3) is 47.0. The number of hydrogen-bond donors (Lipinski definition) is 6. The molecule has 6 N–H and O–H groups in total. The van der Waals surface area contributed by atoms with Gasteiger partial charge in [0.05, 0.1) is 25.4 Å². The van der Waals surface area contributed by atoms with E-state index in [1.165, 1.54) is 276 Å². The Labute approximate surface area is 482 Å². The smallest absolute Gasteiger partial charge is 0.220 e. The molecule has 9 nitrogen and oxygen atoms in total. The van der Waals surface area contributed by atoms with Crippen LogP contribution in [0.15, 0.2) is 36.5 Å². The fraction of sp³-hybridized carbons (Fsp3) is 0.899. The molecule has 1 aliphatic heterocycles. The number of aliphatic hydroxyl groups excluding tert-OH is 5. The van der Waals surface area contributed by atoms with E-state index in [9.17, 15) is 30.3 Å². The molecule has 7 unspecified atom stereocenters. The molecule has 0 aliphatic carbocycles. The van der Waals surface area contributed by atoms with E-state index in [0.29, 0.717) is 6.42 Å². The van der Waals surface area contributed by atoms with E-state index in [1.807, 2.05) is 6.08 Å². The maximum absolute atomic E-state index is 13.1. The summed E-state index contributed by atoms with van der Waals surface area (Å²) in [5.41, 5.74) is 0. The number of amides is 1. The number of carbonyl (C=O) groups is 1. The Kier molecular flexibility index (Phi) is 55.9. The average Bonchev–Trinajstić information content (AvgIpc) is 3.45. The number of unbranched alkanes of at least 4 members (excludes halogenated alkanes) is 46. The molecule has 1 rings (SSSR count). The van der Waals surface area contributed by atoms with Crippen molar-refractivity contribution in [3.63, 3.8) is 0 Å². The lowest BCUT2D eigenvalue weighted by Crippen LogP contribution is -2.60. The monoisotopic (exact) mass is 1100 g/mol. The molecule has 1 heterocycles. The van der Waals surface area contributed by atoms with Crippen LogP contribution in [-0.2, 0) is 14.3 Å². The van der Waals surface area contributed by atoms with Crippen LogP contribution >= 0.6 is 0 Å². The molecule has 0 aromatic heterocycles. The second kappa shape index (κ2) is 58.6. The van der Waals surface area contributed by atoms with E-state index in [2.05, 4.69) is 43.5 Å². The molecular formula is C69H131NO8. The van der Waals surface area contributed by atoms with Gasteiger partial charge in [0.2, 0.25) is 5.91 Å². The van der Waals surface area contributed by atoms with E-state index in [4.69, 9.17) is 9.47 Å². The van der Waals surface area contributed by atoms with Crippen LogP contribution in [0.2, 0.25) is 0 Å². The molecule has 9 heteroatoms. The van der Waals surface area contributed by atoms with Gasteiger partial charge in [0.1, 0.15) is 24.4 Å². The highest BCUT2D eigenvalue weighted by molar-refractivity contribution is 5.76. The largest absolute Gasteiger partial charge is 0.394 e. The van der Waals surface area contributed by atoms with Crippen molar-refractivity contribution in [3.8, 4) is 0 Å². The minimum absolute atomic E-state index is 0.184. The first kappa shape index (κ1) is 74.4. The Morgan fingerprint density at radius 1 is 0.423 bits per heavy atom. The zero-order valence-electron chi connectivity index (χ0n) is 51.4. The zero-order valence-corrected chi connectivity index (χ0v) is 51.4. The molecule has 460 valence electrons. The number of ether oxygens (including phenoxy) is 2. The average molecular weight is 1100 g/mol. The lowest BCUT2D eigenvalue weighted by molar-refractivity contribution is -0.302. The third-order valence-electron chi connectivity index (χ3n) is 16.4. The third-order valence-corrected chi connectivity index (χ3v) is 16.4. The molecule has 0 radical (unpaired) electrons. The fourth-order valence-electron chi connectivity index (χ4n) is 11.1. The lowest BCUT2D eigenvalue weighted by atomic mass is 9.99. The van der Waals surface area contributed by atoms with E-state index in [0.717, 1.165) is 44.9 Å². The molecule has 0 saturated carbocycles. The van der Waals surface area contributed by atoms with Gasteiger partial charge in [-0.15, -0.1) is 0 Å². The van der Waals surface area contributed by atoms with Crippen LogP contribution in [0.25, 0.3) is 0 Å². The van der Waals surface area contributed by atoms with Crippen molar-refractivity contribution in [1.29, 1.82) is 0 Å². The summed E-state index contributed by atoms with van der Waals surface area (Å²) in [5, 5.41) is 54.7. The SMILES string of the molecule is CCCCCCCCCCCCCCCCCCCCCCCCC/C=C/CC/C=C/CC/C=C/C(O)C(COC1OC(CO)C(O)C(O)C1O)NC(=O)CCCCCCCCCCCCCCCCCCCCCCCC. The highest BCUT2D eigenvalue weighted by Gasteiger charge is 2.44. The number of rotatable bonds is 60. The fourth-order valence-corrected chi connectivity index (χ4v) is 11.1. The first-order chi connectivity index (χ1) is 38.3. The summed E-state index contributed by atoms with van der Waals surface area (Å²) < 4.78 is 11.3. The molecule has 1 aliphatic rings. The minimum atomic E-state index is -1.57. The molecule has 0 bridgehead atoms. The first-order valence-electron chi connectivity index (χ1n) is 34.2. The standard InChI is InChI=1S/C69H131NO8/c1-3-5-7-9-11-13-15-17-19-21-23-25-27-28-29-30-31-32-33-34-35-36-37-38-40-42-44-46-48-50-52-54-56-58-63(72)62(61-77-69-68(76)67(75)66(74)64(60-71)78-69)70-65(73)59-57-55-53-51-49-47-45-43-41-39-26-24-22-20-18-16-14-12-10-8-6-4-2/h40,42,48,50,56,58,62-64,66-69,71-72,74-76H,3-39,41,43-47,49,51-55,57,59-61H2,1-2H3,(H,70,73)/b42-40+,50-48+,58-56+. The number of hydrogen-bond acceptors (Lipinski definition) is 8. The minimum Gasteiger partial charge on any atom is -0.394 e.